The topological polar surface area (TPSA) is 51.4 Å². The zero-order chi connectivity index (χ0) is 13.0. The first-order valence-electron chi connectivity index (χ1n) is 5.77. The Morgan fingerprint density at radius 1 is 1.22 bits per heavy atom. The highest BCUT2D eigenvalue weighted by Crippen LogP contribution is 2.33. The predicted molar refractivity (Wildman–Crippen MR) is 73.2 cm³/mol. The molecule has 0 aliphatic heterocycles. The molecule has 4 heteroatoms. The molecule has 18 heavy (non-hydrogen) atoms. The van der Waals surface area contributed by atoms with E-state index in [0.29, 0.717) is 6.54 Å². The van der Waals surface area contributed by atoms with E-state index in [1.165, 1.54) is 0 Å². The Balaban J connectivity index is 2.44. The summed E-state index contributed by atoms with van der Waals surface area (Å²) in [5, 5.41) is 0. The minimum Gasteiger partial charge on any atom is -0.495 e. The normalized spacial score (nSPS) is 10.2. The number of hydrogen-bond donors (Lipinski definition) is 1. The molecule has 4 nitrogen and oxygen atoms in total. The number of nitrogens with two attached hydrogens (primary N) is 1. The number of hydrogen-bond acceptors (Lipinski definition) is 4. The summed E-state index contributed by atoms with van der Waals surface area (Å²) in [6.45, 7) is 0.461. The van der Waals surface area contributed by atoms with Crippen molar-refractivity contribution in [3.63, 3.8) is 0 Å². The van der Waals surface area contributed by atoms with Gasteiger partial charge in [-0.2, -0.15) is 0 Å². The highest BCUT2D eigenvalue weighted by atomic mass is 16.5. The zero-order valence-electron chi connectivity index (χ0n) is 10.6. The van der Waals surface area contributed by atoms with Crippen LogP contribution >= 0.6 is 0 Å². The van der Waals surface area contributed by atoms with Crippen molar-refractivity contribution in [3.8, 4) is 5.75 Å². The molecule has 1 aromatic heterocycles. The summed E-state index contributed by atoms with van der Waals surface area (Å²) < 4.78 is 5.37. The van der Waals surface area contributed by atoms with Gasteiger partial charge < -0.3 is 15.4 Å². The molecule has 94 valence electrons. The largest absolute Gasteiger partial charge is 0.495 e. The molecule has 1 aromatic carbocycles. The van der Waals surface area contributed by atoms with Gasteiger partial charge in [0.05, 0.1) is 12.8 Å². The maximum Gasteiger partial charge on any atom is 0.142 e. The lowest BCUT2D eigenvalue weighted by molar-refractivity contribution is 0.415. The van der Waals surface area contributed by atoms with E-state index in [2.05, 4.69) is 9.88 Å². The van der Waals surface area contributed by atoms with Gasteiger partial charge >= 0.3 is 0 Å². The van der Waals surface area contributed by atoms with Crippen LogP contribution in [-0.4, -0.2) is 19.1 Å². The van der Waals surface area contributed by atoms with Gasteiger partial charge in [-0.1, -0.05) is 12.1 Å². The minimum atomic E-state index is 0.461. The molecule has 0 unspecified atom stereocenters. The van der Waals surface area contributed by atoms with Crippen LogP contribution in [0.3, 0.4) is 0 Å². The number of rotatable bonds is 4. The lowest BCUT2D eigenvalue weighted by Crippen LogP contribution is -2.14. The zero-order valence-corrected chi connectivity index (χ0v) is 10.6. The molecule has 0 amide bonds. The smallest absolute Gasteiger partial charge is 0.142 e. The Morgan fingerprint density at radius 3 is 2.72 bits per heavy atom. The summed E-state index contributed by atoms with van der Waals surface area (Å²) in [5.74, 6) is 0.833. The number of nitrogens with zero attached hydrogens (tertiary/aromatic N) is 2. The molecule has 0 bridgehead atoms. The Bertz CT molecular complexity index is 480. The molecule has 0 fully saturated rings. The van der Waals surface area contributed by atoms with Gasteiger partial charge in [0.25, 0.3) is 0 Å². The van der Waals surface area contributed by atoms with Crippen LogP contribution in [0.15, 0.2) is 42.7 Å². The van der Waals surface area contributed by atoms with Crippen LogP contribution in [-0.2, 0) is 6.54 Å². The molecule has 0 atom stereocenters. The first-order chi connectivity index (χ1) is 8.77. The van der Waals surface area contributed by atoms with Gasteiger partial charge in [-0.3, -0.25) is 4.98 Å². The summed E-state index contributed by atoms with van der Waals surface area (Å²) in [4.78, 5) is 6.16. The van der Waals surface area contributed by atoms with E-state index in [1.54, 1.807) is 19.5 Å². The van der Waals surface area contributed by atoms with Crippen molar-refractivity contribution in [1.29, 1.82) is 0 Å². The van der Waals surface area contributed by atoms with Gasteiger partial charge in [-0.25, -0.2) is 0 Å². The number of anilines is 2. The van der Waals surface area contributed by atoms with Gasteiger partial charge in [0.1, 0.15) is 5.75 Å². The van der Waals surface area contributed by atoms with Gasteiger partial charge in [0.15, 0.2) is 0 Å². The first-order valence-corrected chi connectivity index (χ1v) is 5.77. The third-order valence-electron chi connectivity index (χ3n) is 2.91. The molecule has 1 heterocycles. The molecule has 2 rings (SSSR count). The molecular weight excluding hydrogens is 226 g/mol. The second-order valence-electron chi connectivity index (χ2n) is 3.94. The van der Waals surface area contributed by atoms with Crippen LogP contribution in [0.5, 0.6) is 5.75 Å². The highest BCUT2D eigenvalue weighted by molar-refractivity contribution is 5.70. The number of aromatic nitrogens is 1. The van der Waals surface area contributed by atoms with Crippen LogP contribution in [0, 0.1) is 0 Å². The van der Waals surface area contributed by atoms with Crippen molar-refractivity contribution in [2.45, 2.75) is 6.54 Å². The van der Waals surface area contributed by atoms with Gasteiger partial charge in [-0.05, 0) is 18.2 Å². The van der Waals surface area contributed by atoms with Crippen molar-refractivity contribution >= 4 is 11.4 Å². The van der Waals surface area contributed by atoms with E-state index in [0.717, 1.165) is 22.7 Å². The second-order valence-corrected chi connectivity index (χ2v) is 3.94. The van der Waals surface area contributed by atoms with E-state index in [1.807, 2.05) is 37.4 Å². The standard InChI is InChI=1S/C14H17N3O/c1-17(12-7-8-16-10-11(12)9-15)13-5-3-4-6-14(13)18-2/h3-8,10H,9,15H2,1-2H3. The second kappa shape index (κ2) is 5.51. The van der Waals surface area contributed by atoms with E-state index >= 15 is 0 Å². The lowest BCUT2D eigenvalue weighted by atomic mass is 10.2. The number of ether oxygens (including phenoxy) is 1. The summed E-state index contributed by atoms with van der Waals surface area (Å²) in [5.41, 5.74) is 8.78. The van der Waals surface area contributed by atoms with Crippen molar-refractivity contribution in [3.05, 3.63) is 48.3 Å². The summed E-state index contributed by atoms with van der Waals surface area (Å²) >= 11 is 0. The van der Waals surface area contributed by atoms with E-state index in [9.17, 15) is 0 Å². The summed E-state index contributed by atoms with van der Waals surface area (Å²) in [7, 11) is 3.66. The average molecular weight is 243 g/mol. The van der Waals surface area contributed by atoms with Crippen LogP contribution in [0.2, 0.25) is 0 Å². The fourth-order valence-electron chi connectivity index (χ4n) is 1.94. The average Bonchev–Trinajstić information content (AvgIpc) is 2.46. The molecule has 0 aliphatic carbocycles. The fraction of sp³-hybridized carbons (Fsp3) is 0.214. The molecule has 0 aliphatic rings. The molecule has 0 radical (unpaired) electrons. The molecule has 0 saturated carbocycles. The Hall–Kier alpha value is -2.07. The minimum absolute atomic E-state index is 0.461. The van der Waals surface area contributed by atoms with Crippen molar-refractivity contribution < 1.29 is 4.74 Å². The number of para-hydroxylation sites is 2. The van der Waals surface area contributed by atoms with Crippen LogP contribution in [0.25, 0.3) is 0 Å². The Morgan fingerprint density at radius 2 is 2.00 bits per heavy atom. The number of pyridine rings is 1. The van der Waals surface area contributed by atoms with Crippen LogP contribution < -0.4 is 15.4 Å². The highest BCUT2D eigenvalue weighted by Gasteiger charge is 2.12. The van der Waals surface area contributed by atoms with Crippen molar-refractivity contribution in [1.82, 2.24) is 4.98 Å². The lowest BCUT2D eigenvalue weighted by Gasteiger charge is -2.23. The van der Waals surface area contributed by atoms with E-state index in [4.69, 9.17) is 10.5 Å². The van der Waals surface area contributed by atoms with Gasteiger partial charge in [-0.15, -0.1) is 0 Å². The maximum atomic E-state index is 5.74. The SMILES string of the molecule is COc1ccccc1N(C)c1ccncc1CN. The number of benzene rings is 1. The van der Waals surface area contributed by atoms with Crippen LogP contribution in [0.4, 0.5) is 11.4 Å². The number of methoxy groups -OCH3 is 1. The molecule has 0 spiro atoms. The van der Waals surface area contributed by atoms with Gasteiger partial charge in [0, 0.05) is 37.2 Å². The molecular formula is C14H17N3O. The van der Waals surface area contributed by atoms with Crippen molar-refractivity contribution in [2.24, 2.45) is 5.73 Å². The maximum absolute atomic E-state index is 5.74. The quantitative estimate of drug-likeness (QED) is 0.895. The van der Waals surface area contributed by atoms with E-state index in [-0.39, 0.29) is 0 Å². The molecule has 2 N–H and O–H groups in total. The third kappa shape index (κ3) is 2.28. The fourth-order valence-corrected chi connectivity index (χ4v) is 1.94. The molecule has 0 saturated heterocycles. The Kier molecular flexibility index (Phi) is 3.79. The third-order valence-corrected chi connectivity index (χ3v) is 2.91. The van der Waals surface area contributed by atoms with Crippen molar-refractivity contribution in [2.75, 3.05) is 19.1 Å². The predicted octanol–water partition coefficient (Wildman–Crippen LogP) is 2.32. The summed E-state index contributed by atoms with van der Waals surface area (Å²) in [6, 6.07) is 9.84. The van der Waals surface area contributed by atoms with Crippen LogP contribution in [0.1, 0.15) is 5.56 Å². The Labute approximate surface area is 107 Å². The summed E-state index contributed by atoms with van der Waals surface area (Å²) in [6.07, 6.45) is 3.56. The van der Waals surface area contributed by atoms with Gasteiger partial charge in [0.2, 0.25) is 0 Å². The molecule has 2 aromatic rings. The monoisotopic (exact) mass is 243 g/mol. The van der Waals surface area contributed by atoms with E-state index < -0.39 is 0 Å². The first kappa shape index (κ1) is 12.4.